The molecule has 0 atom stereocenters. The molecule has 4 nitrogen and oxygen atoms in total. The standard InChI is InChI=1S/C11H13BrN4/c1-2-13-6-9-3-4-10(5-11(9)12)16-8-14-7-15-16/h3-5,7-8,13H,2,6H2,1H3. The van der Waals surface area contributed by atoms with Crippen LogP contribution in [-0.4, -0.2) is 21.3 Å². The minimum atomic E-state index is 0.870. The first-order valence-electron chi connectivity index (χ1n) is 5.15. The van der Waals surface area contributed by atoms with Gasteiger partial charge in [0.25, 0.3) is 0 Å². The Balaban J connectivity index is 2.23. The number of hydrogen-bond donors (Lipinski definition) is 1. The minimum Gasteiger partial charge on any atom is -0.313 e. The van der Waals surface area contributed by atoms with E-state index in [4.69, 9.17) is 0 Å². The van der Waals surface area contributed by atoms with Crippen LogP contribution in [0.1, 0.15) is 12.5 Å². The Morgan fingerprint density at radius 3 is 2.94 bits per heavy atom. The Morgan fingerprint density at radius 1 is 1.44 bits per heavy atom. The number of nitrogens with zero attached hydrogens (tertiary/aromatic N) is 3. The van der Waals surface area contributed by atoms with Crippen LogP contribution < -0.4 is 5.32 Å². The lowest BCUT2D eigenvalue weighted by Crippen LogP contribution is -2.12. The number of nitrogens with one attached hydrogen (secondary N) is 1. The monoisotopic (exact) mass is 280 g/mol. The summed E-state index contributed by atoms with van der Waals surface area (Å²) in [4.78, 5) is 3.92. The predicted octanol–water partition coefficient (Wildman–Crippen LogP) is 2.14. The Bertz CT molecular complexity index is 453. The van der Waals surface area contributed by atoms with Crippen molar-refractivity contribution in [3.05, 3.63) is 40.9 Å². The van der Waals surface area contributed by atoms with Gasteiger partial charge in [0.05, 0.1) is 5.69 Å². The largest absolute Gasteiger partial charge is 0.313 e. The molecule has 84 valence electrons. The topological polar surface area (TPSA) is 42.7 Å². The molecule has 0 fully saturated rings. The van der Waals surface area contributed by atoms with E-state index in [0.717, 1.165) is 23.2 Å². The summed E-state index contributed by atoms with van der Waals surface area (Å²) in [5.41, 5.74) is 2.25. The molecule has 2 rings (SSSR count). The van der Waals surface area contributed by atoms with Crippen molar-refractivity contribution in [1.29, 1.82) is 0 Å². The van der Waals surface area contributed by atoms with E-state index < -0.39 is 0 Å². The number of aromatic nitrogens is 3. The molecule has 0 unspecified atom stereocenters. The third-order valence-electron chi connectivity index (χ3n) is 2.29. The zero-order valence-electron chi connectivity index (χ0n) is 9.02. The van der Waals surface area contributed by atoms with Crippen molar-refractivity contribution in [1.82, 2.24) is 20.1 Å². The van der Waals surface area contributed by atoms with E-state index in [-0.39, 0.29) is 0 Å². The number of hydrogen-bond acceptors (Lipinski definition) is 3. The molecule has 5 heteroatoms. The minimum absolute atomic E-state index is 0.870. The van der Waals surface area contributed by atoms with Crippen molar-refractivity contribution in [3.63, 3.8) is 0 Å². The molecule has 0 aliphatic rings. The van der Waals surface area contributed by atoms with Crippen molar-refractivity contribution in [3.8, 4) is 5.69 Å². The predicted molar refractivity (Wildman–Crippen MR) is 66.4 cm³/mol. The van der Waals surface area contributed by atoms with Crippen LogP contribution in [0.15, 0.2) is 35.3 Å². The third-order valence-corrected chi connectivity index (χ3v) is 3.02. The summed E-state index contributed by atoms with van der Waals surface area (Å²) in [5.74, 6) is 0. The second kappa shape index (κ2) is 5.23. The van der Waals surface area contributed by atoms with Crippen molar-refractivity contribution in [2.75, 3.05) is 6.54 Å². The molecule has 1 aromatic carbocycles. The molecule has 2 aromatic rings. The van der Waals surface area contributed by atoms with Gasteiger partial charge in [-0.15, -0.1) is 0 Å². The number of benzene rings is 1. The van der Waals surface area contributed by atoms with Crippen molar-refractivity contribution < 1.29 is 0 Å². The Morgan fingerprint density at radius 2 is 2.31 bits per heavy atom. The summed E-state index contributed by atoms with van der Waals surface area (Å²) in [6.07, 6.45) is 3.21. The highest BCUT2D eigenvalue weighted by Gasteiger charge is 2.02. The van der Waals surface area contributed by atoms with E-state index in [1.165, 1.54) is 11.9 Å². The average Bonchev–Trinajstić information content (AvgIpc) is 2.81. The fourth-order valence-corrected chi connectivity index (χ4v) is 1.93. The lowest BCUT2D eigenvalue weighted by molar-refractivity contribution is 0.724. The lowest BCUT2D eigenvalue weighted by Gasteiger charge is -2.07. The zero-order valence-corrected chi connectivity index (χ0v) is 10.6. The van der Waals surface area contributed by atoms with E-state index in [9.17, 15) is 0 Å². The molecule has 1 N–H and O–H groups in total. The molecule has 0 amide bonds. The van der Waals surface area contributed by atoms with Crippen LogP contribution in [0.5, 0.6) is 0 Å². The van der Waals surface area contributed by atoms with Crippen LogP contribution >= 0.6 is 15.9 Å². The van der Waals surface area contributed by atoms with E-state index in [1.807, 2.05) is 12.1 Å². The van der Waals surface area contributed by atoms with Crippen LogP contribution in [0.2, 0.25) is 0 Å². The van der Waals surface area contributed by atoms with E-state index >= 15 is 0 Å². The van der Waals surface area contributed by atoms with Crippen LogP contribution in [-0.2, 0) is 6.54 Å². The van der Waals surface area contributed by atoms with E-state index in [0.29, 0.717) is 0 Å². The molecule has 16 heavy (non-hydrogen) atoms. The summed E-state index contributed by atoms with van der Waals surface area (Å²) in [6.45, 7) is 3.93. The van der Waals surface area contributed by atoms with Gasteiger partial charge in [-0.05, 0) is 24.2 Å². The van der Waals surface area contributed by atoms with Gasteiger partial charge in [-0.1, -0.05) is 28.9 Å². The van der Waals surface area contributed by atoms with Crippen molar-refractivity contribution in [2.24, 2.45) is 0 Å². The maximum atomic E-state index is 4.09. The molecule has 0 aliphatic carbocycles. The van der Waals surface area contributed by atoms with Gasteiger partial charge in [0.1, 0.15) is 12.7 Å². The Hall–Kier alpha value is -1.20. The number of rotatable bonds is 4. The van der Waals surface area contributed by atoms with E-state index in [2.05, 4.69) is 44.3 Å². The van der Waals surface area contributed by atoms with Gasteiger partial charge < -0.3 is 5.32 Å². The van der Waals surface area contributed by atoms with Gasteiger partial charge in [-0.25, -0.2) is 9.67 Å². The van der Waals surface area contributed by atoms with Crippen molar-refractivity contribution >= 4 is 15.9 Å². The maximum absolute atomic E-state index is 4.09. The molecule has 0 bridgehead atoms. The first kappa shape index (κ1) is 11.3. The summed E-state index contributed by atoms with van der Waals surface area (Å²) in [7, 11) is 0. The zero-order chi connectivity index (χ0) is 11.4. The molecule has 1 heterocycles. The van der Waals surface area contributed by atoms with Gasteiger partial charge in [-0.3, -0.25) is 0 Å². The summed E-state index contributed by atoms with van der Waals surface area (Å²) >= 11 is 3.56. The second-order valence-corrected chi connectivity index (χ2v) is 4.25. The average molecular weight is 281 g/mol. The number of halogens is 1. The van der Waals surface area contributed by atoms with Gasteiger partial charge in [0, 0.05) is 11.0 Å². The molecule has 0 saturated heterocycles. The fraction of sp³-hybridized carbons (Fsp3) is 0.273. The molecule has 0 aliphatic heterocycles. The Kier molecular flexibility index (Phi) is 3.69. The molecular weight excluding hydrogens is 268 g/mol. The normalized spacial score (nSPS) is 10.6. The molecule has 0 spiro atoms. The van der Waals surface area contributed by atoms with Gasteiger partial charge >= 0.3 is 0 Å². The first-order chi connectivity index (χ1) is 7.81. The third kappa shape index (κ3) is 2.48. The van der Waals surface area contributed by atoms with E-state index in [1.54, 1.807) is 11.0 Å². The highest BCUT2D eigenvalue weighted by molar-refractivity contribution is 9.10. The lowest BCUT2D eigenvalue weighted by atomic mass is 10.2. The highest BCUT2D eigenvalue weighted by Crippen LogP contribution is 2.20. The SMILES string of the molecule is CCNCc1ccc(-n2cncn2)cc1Br. The first-order valence-corrected chi connectivity index (χ1v) is 5.94. The maximum Gasteiger partial charge on any atom is 0.138 e. The van der Waals surface area contributed by atoms with Crippen molar-refractivity contribution in [2.45, 2.75) is 13.5 Å². The summed E-state index contributed by atoms with van der Waals surface area (Å²) in [6, 6.07) is 6.16. The quantitative estimate of drug-likeness (QED) is 0.933. The molecular formula is C11H13BrN4. The van der Waals surface area contributed by atoms with Gasteiger partial charge in [-0.2, -0.15) is 5.10 Å². The Labute approximate surface area is 103 Å². The molecule has 0 radical (unpaired) electrons. The second-order valence-electron chi connectivity index (χ2n) is 3.40. The van der Waals surface area contributed by atoms with Crippen LogP contribution in [0.4, 0.5) is 0 Å². The molecule has 0 saturated carbocycles. The summed E-state index contributed by atoms with van der Waals surface area (Å²) < 4.78 is 2.82. The van der Waals surface area contributed by atoms with Crippen LogP contribution in [0, 0.1) is 0 Å². The van der Waals surface area contributed by atoms with Crippen LogP contribution in [0.3, 0.4) is 0 Å². The highest BCUT2D eigenvalue weighted by atomic mass is 79.9. The van der Waals surface area contributed by atoms with Crippen LogP contribution in [0.25, 0.3) is 5.69 Å². The van der Waals surface area contributed by atoms with Gasteiger partial charge in [0.15, 0.2) is 0 Å². The smallest absolute Gasteiger partial charge is 0.138 e. The fourth-order valence-electron chi connectivity index (χ4n) is 1.42. The molecule has 1 aromatic heterocycles. The summed E-state index contributed by atoms with van der Waals surface area (Å²) in [5, 5.41) is 7.38. The van der Waals surface area contributed by atoms with Gasteiger partial charge in [0.2, 0.25) is 0 Å².